The zero-order valence-corrected chi connectivity index (χ0v) is 18.9. The van der Waals surface area contributed by atoms with Gasteiger partial charge in [0.15, 0.2) is 5.96 Å². The Hall–Kier alpha value is -1.83. The molecule has 2 heterocycles. The van der Waals surface area contributed by atoms with Crippen LogP contribution < -0.4 is 15.4 Å². The lowest BCUT2D eigenvalue weighted by molar-refractivity contribution is 0.0179. The molecule has 30 heavy (non-hydrogen) atoms. The molecule has 168 valence electrons. The zero-order valence-electron chi connectivity index (χ0n) is 18.9. The van der Waals surface area contributed by atoms with Gasteiger partial charge in [0.2, 0.25) is 0 Å². The topological polar surface area (TPSA) is 61.4 Å². The number of morpholine rings is 1. The lowest BCUT2D eigenvalue weighted by atomic mass is 9.97. The second-order valence-corrected chi connectivity index (χ2v) is 8.28. The molecule has 7 nitrogen and oxygen atoms in total. The first kappa shape index (κ1) is 22.8. The number of benzene rings is 1. The molecule has 2 aliphatic heterocycles. The molecule has 1 atom stereocenters. The molecule has 0 bridgehead atoms. The molecule has 1 aromatic carbocycles. The summed E-state index contributed by atoms with van der Waals surface area (Å²) in [6.07, 6.45) is 2.51. The Morgan fingerprint density at radius 2 is 1.83 bits per heavy atom. The van der Waals surface area contributed by atoms with Crippen LogP contribution in [0.15, 0.2) is 29.3 Å². The van der Waals surface area contributed by atoms with Crippen molar-refractivity contribution >= 4 is 5.96 Å². The fourth-order valence-electron chi connectivity index (χ4n) is 4.17. The second kappa shape index (κ2) is 12.1. The van der Waals surface area contributed by atoms with E-state index < -0.39 is 0 Å². The third-order valence-electron chi connectivity index (χ3n) is 6.15. The molecule has 2 aliphatic rings. The number of ether oxygens (including phenoxy) is 2. The van der Waals surface area contributed by atoms with E-state index in [9.17, 15) is 0 Å². The van der Waals surface area contributed by atoms with Crippen LogP contribution in [0.4, 0.5) is 0 Å². The van der Waals surface area contributed by atoms with Crippen molar-refractivity contribution in [1.82, 2.24) is 20.4 Å². The molecular formula is C23H39N5O2. The summed E-state index contributed by atoms with van der Waals surface area (Å²) in [6, 6.07) is 8.63. The van der Waals surface area contributed by atoms with Gasteiger partial charge in [0.05, 0.1) is 32.9 Å². The molecule has 2 N–H and O–H groups in total. The third kappa shape index (κ3) is 6.86. The average Bonchev–Trinajstić information content (AvgIpc) is 2.79. The Labute approximate surface area is 181 Å². The van der Waals surface area contributed by atoms with Crippen molar-refractivity contribution in [2.45, 2.75) is 25.8 Å². The minimum atomic E-state index is 0.235. The minimum Gasteiger partial charge on any atom is -0.497 e. The smallest absolute Gasteiger partial charge is 0.191 e. The van der Waals surface area contributed by atoms with Crippen molar-refractivity contribution in [3.05, 3.63) is 29.8 Å². The summed E-state index contributed by atoms with van der Waals surface area (Å²) >= 11 is 0. The number of hydrogen-bond acceptors (Lipinski definition) is 5. The summed E-state index contributed by atoms with van der Waals surface area (Å²) in [7, 11) is 3.91. The Bertz CT molecular complexity index is 637. The molecular weight excluding hydrogens is 378 g/mol. The summed E-state index contributed by atoms with van der Waals surface area (Å²) < 4.78 is 10.9. The first-order valence-corrected chi connectivity index (χ1v) is 11.4. The maximum absolute atomic E-state index is 5.57. The second-order valence-electron chi connectivity index (χ2n) is 8.28. The number of rotatable bonds is 8. The quantitative estimate of drug-likeness (QED) is 0.498. The predicted molar refractivity (Wildman–Crippen MR) is 122 cm³/mol. The van der Waals surface area contributed by atoms with Gasteiger partial charge in [-0.3, -0.25) is 9.89 Å². The van der Waals surface area contributed by atoms with Crippen LogP contribution in [0.5, 0.6) is 5.75 Å². The number of nitrogens with zero attached hydrogens (tertiary/aromatic N) is 3. The minimum absolute atomic E-state index is 0.235. The number of hydrogen-bond donors (Lipinski definition) is 2. The van der Waals surface area contributed by atoms with Gasteiger partial charge in [-0.2, -0.15) is 0 Å². The Morgan fingerprint density at radius 3 is 2.47 bits per heavy atom. The Morgan fingerprint density at radius 1 is 1.13 bits per heavy atom. The van der Waals surface area contributed by atoms with Gasteiger partial charge in [-0.15, -0.1) is 0 Å². The van der Waals surface area contributed by atoms with E-state index in [1.807, 2.05) is 12.1 Å². The molecule has 2 saturated heterocycles. The van der Waals surface area contributed by atoms with Crippen molar-refractivity contribution in [3.8, 4) is 5.75 Å². The molecule has 1 aromatic rings. The van der Waals surface area contributed by atoms with E-state index in [4.69, 9.17) is 14.5 Å². The first-order valence-electron chi connectivity index (χ1n) is 11.4. The number of guanidine groups is 1. The highest BCUT2D eigenvalue weighted by Crippen LogP contribution is 2.24. The Balaban J connectivity index is 1.65. The molecule has 0 saturated carbocycles. The van der Waals surface area contributed by atoms with Crippen LogP contribution in [0.2, 0.25) is 0 Å². The normalized spacial score (nSPS) is 20.7. The number of aliphatic imine (C=N–C) groups is 1. The van der Waals surface area contributed by atoms with E-state index in [1.54, 1.807) is 7.11 Å². The highest BCUT2D eigenvalue weighted by atomic mass is 16.5. The van der Waals surface area contributed by atoms with Crippen molar-refractivity contribution in [1.29, 1.82) is 0 Å². The van der Waals surface area contributed by atoms with E-state index in [0.717, 1.165) is 63.6 Å². The van der Waals surface area contributed by atoms with Crippen molar-refractivity contribution in [2.24, 2.45) is 10.9 Å². The van der Waals surface area contributed by atoms with Gasteiger partial charge in [0.1, 0.15) is 5.75 Å². The predicted octanol–water partition coefficient (Wildman–Crippen LogP) is 1.97. The van der Waals surface area contributed by atoms with Crippen molar-refractivity contribution < 1.29 is 9.47 Å². The van der Waals surface area contributed by atoms with E-state index in [0.29, 0.717) is 0 Å². The van der Waals surface area contributed by atoms with Gasteiger partial charge in [-0.05, 0) is 63.5 Å². The van der Waals surface area contributed by atoms with Gasteiger partial charge < -0.3 is 25.0 Å². The molecule has 2 fully saturated rings. The summed E-state index contributed by atoms with van der Waals surface area (Å²) in [5, 5.41) is 7.01. The van der Waals surface area contributed by atoms with Crippen LogP contribution >= 0.6 is 0 Å². The van der Waals surface area contributed by atoms with Crippen molar-refractivity contribution in [2.75, 3.05) is 73.2 Å². The lowest BCUT2D eigenvalue weighted by Crippen LogP contribution is -2.43. The van der Waals surface area contributed by atoms with Crippen LogP contribution in [0.3, 0.4) is 0 Å². The summed E-state index contributed by atoms with van der Waals surface area (Å²) in [6.45, 7) is 10.5. The van der Waals surface area contributed by atoms with Crippen LogP contribution in [-0.2, 0) is 4.74 Å². The lowest BCUT2D eigenvalue weighted by Gasteiger charge is -2.34. The molecule has 3 rings (SSSR count). The summed E-state index contributed by atoms with van der Waals surface area (Å²) in [5.41, 5.74) is 1.27. The van der Waals surface area contributed by atoms with Crippen LogP contribution in [-0.4, -0.2) is 88.9 Å². The third-order valence-corrected chi connectivity index (χ3v) is 6.15. The van der Waals surface area contributed by atoms with E-state index >= 15 is 0 Å². The fourth-order valence-corrected chi connectivity index (χ4v) is 4.17. The number of methoxy groups -OCH3 is 1. The largest absolute Gasteiger partial charge is 0.497 e. The summed E-state index contributed by atoms with van der Waals surface area (Å²) in [4.78, 5) is 9.87. The fraction of sp³-hybridized carbons (Fsp3) is 0.696. The molecule has 0 amide bonds. The molecule has 0 aliphatic carbocycles. The first-order chi connectivity index (χ1) is 14.7. The van der Waals surface area contributed by atoms with Gasteiger partial charge in [-0.25, -0.2) is 0 Å². The highest BCUT2D eigenvalue weighted by Gasteiger charge is 2.23. The molecule has 0 aromatic heterocycles. The van der Waals surface area contributed by atoms with Crippen molar-refractivity contribution in [3.63, 3.8) is 0 Å². The summed E-state index contributed by atoms with van der Waals surface area (Å²) in [5.74, 6) is 2.53. The standard InChI is InChI=1S/C23H39N5O2/c1-4-24-23(25-17-19-9-11-27(2)12-10-19)26-18-22(28-13-15-30-16-14-28)20-5-7-21(29-3)8-6-20/h5-8,19,22H,4,9-18H2,1-3H3,(H2,24,25,26). The number of piperidine rings is 1. The number of likely N-dealkylation sites (tertiary alicyclic amines) is 1. The van der Waals surface area contributed by atoms with Crippen LogP contribution in [0.25, 0.3) is 0 Å². The van der Waals surface area contributed by atoms with Gasteiger partial charge in [-0.1, -0.05) is 12.1 Å². The maximum Gasteiger partial charge on any atom is 0.191 e. The average molecular weight is 418 g/mol. The van der Waals surface area contributed by atoms with Crippen LogP contribution in [0.1, 0.15) is 31.4 Å². The zero-order chi connectivity index (χ0) is 21.2. The van der Waals surface area contributed by atoms with E-state index in [2.05, 4.69) is 46.5 Å². The van der Waals surface area contributed by atoms with Gasteiger partial charge >= 0.3 is 0 Å². The molecule has 7 heteroatoms. The van der Waals surface area contributed by atoms with Gasteiger partial charge in [0.25, 0.3) is 0 Å². The SMILES string of the molecule is CCNC(=NCC(c1ccc(OC)cc1)N1CCOCC1)NCC1CCN(C)CC1. The Kier molecular flexibility index (Phi) is 9.24. The van der Waals surface area contributed by atoms with E-state index in [1.165, 1.54) is 31.5 Å². The molecule has 0 spiro atoms. The van der Waals surface area contributed by atoms with Gasteiger partial charge in [0, 0.05) is 26.2 Å². The highest BCUT2D eigenvalue weighted by molar-refractivity contribution is 5.79. The monoisotopic (exact) mass is 417 g/mol. The number of nitrogens with one attached hydrogen (secondary N) is 2. The molecule has 1 unspecified atom stereocenters. The van der Waals surface area contributed by atoms with Crippen LogP contribution in [0, 0.1) is 5.92 Å². The molecule has 0 radical (unpaired) electrons. The van der Waals surface area contributed by atoms with E-state index in [-0.39, 0.29) is 6.04 Å². The maximum atomic E-state index is 5.57.